The first-order valence-electron chi connectivity index (χ1n) is 11.4. The van der Waals surface area contributed by atoms with Crippen molar-refractivity contribution >= 4 is 22.8 Å². The zero-order valence-corrected chi connectivity index (χ0v) is 17.8. The van der Waals surface area contributed by atoms with Gasteiger partial charge in [0.05, 0.1) is 16.3 Å². The van der Waals surface area contributed by atoms with Crippen LogP contribution in [0.4, 0.5) is 17.1 Å². The lowest BCUT2D eigenvalue weighted by Gasteiger charge is -2.54. The van der Waals surface area contributed by atoms with Gasteiger partial charge in [0.15, 0.2) is 0 Å². The second kappa shape index (κ2) is 7.23. The molecule has 3 aromatic rings. The van der Waals surface area contributed by atoms with Crippen molar-refractivity contribution < 1.29 is 4.92 Å². The molecule has 32 heavy (non-hydrogen) atoms. The molecule has 0 radical (unpaired) electrons. The van der Waals surface area contributed by atoms with Gasteiger partial charge in [-0.05, 0) is 36.5 Å². The van der Waals surface area contributed by atoms with E-state index in [1.165, 1.54) is 12.0 Å². The summed E-state index contributed by atoms with van der Waals surface area (Å²) in [7, 11) is 0. The van der Waals surface area contributed by atoms with Crippen LogP contribution in [0, 0.1) is 16.0 Å². The van der Waals surface area contributed by atoms with Crippen LogP contribution < -0.4 is 10.2 Å². The van der Waals surface area contributed by atoms with Crippen molar-refractivity contribution in [1.29, 1.82) is 0 Å². The fraction of sp³-hybridized carbons (Fsp3) is 0.259. The predicted octanol–water partition coefficient (Wildman–Crippen LogP) is 6.55. The van der Waals surface area contributed by atoms with Crippen molar-refractivity contribution in [2.75, 3.05) is 10.2 Å². The minimum Gasteiger partial charge on any atom is -0.360 e. The number of hydrogen-bond acceptors (Lipinski definition) is 4. The van der Waals surface area contributed by atoms with Crippen LogP contribution in [-0.2, 0) is 0 Å². The third kappa shape index (κ3) is 2.77. The molecule has 160 valence electrons. The van der Waals surface area contributed by atoms with Gasteiger partial charge in [-0.2, -0.15) is 0 Å². The van der Waals surface area contributed by atoms with Crippen LogP contribution >= 0.6 is 0 Å². The third-order valence-electron chi connectivity index (χ3n) is 7.39. The van der Waals surface area contributed by atoms with E-state index < -0.39 is 0 Å². The number of benzene rings is 3. The normalized spacial score (nSPS) is 25.8. The Kier molecular flexibility index (Phi) is 4.32. The number of nitrogens with zero attached hydrogens (tertiary/aromatic N) is 2. The summed E-state index contributed by atoms with van der Waals surface area (Å²) >= 11 is 0. The summed E-state index contributed by atoms with van der Waals surface area (Å²) in [5, 5.41) is 15.5. The van der Waals surface area contributed by atoms with E-state index in [2.05, 4.69) is 70.9 Å². The standard InChI is InChI=1S/C27H25N3O2/c31-30(32)21-14-15-24-26(17-21)29-25(20-11-5-2-6-12-20)18-22(19-9-3-1-4-10-19)23-13-7-8-16-27(23,29)28-24/h1-6,9-12,14-15,17-18,22-23,28H,7-8,13,16H2/t22-,23-,27-/m1/s1. The van der Waals surface area contributed by atoms with Crippen molar-refractivity contribution in [3.63, 3.8) is 0 Å². The predicted molar refractivity (Wildman–Crippen MR) is 127 cm³/mol. The Morgan fingerprint density at radius 2 is 1.72 bits per heavy atom. The molecule has 3 atom stereocenters. The van der Waals surface area contributed by atoms with Crippen molar-refractivity contribution in [2.45, 2.75) is 37.3 Å². The Morgan fingerprint density at radius 3 is 2.47 bits per heavy atom. The molecule has 2 aliphatic heterocycles. The third-order valence-corrected chi connectivity index (χ3v) is 7.39. The van der Waals surface area contributed by atoms with Crippen molar-refractivity contribution in [3.8, 4) is 0 Å². The SMILES string of the molecule is O=[N+]([O-])c1ccc2c(c1)N1C(c3ccccc3)=C[C@H](c3ccccc3)[C@H]3CCCC[C@]31N2. The molecule has 1 spiro atoms. The summed E-state index contributed by atoms with van der Waals surface area (Å²) in [5.74, 6) is 0.650. The van der Waals surface area contributed by atoms with Gasteiger partial charge in [-0.3, -0.25) is 10.1 Å². The summed E-state index contributed by atoms with van der Waals surface area (Å²) in [4.78, 5) is 13.7. The summed E-state index contributed by atoms with van der Waals surface area (Å²) in [6.45, 7) is 0. The summed E-state index contributed by atoms with van der Waals surface area (Å²) in [5.41, 5.74) is 5.34. The molecule has 1 N–H and O–H groups in total. The molecule has 1 aliphatic carbocycles. The number of hydrogen-bond donors (Lipinski definition) is 1. The molecule has 3 aliphatic rings. The Hall–Kier alpha value is -3.60. The molecule has 0 saturated heterocycles. The van der Waals surface area contributed by atoms with E-state index in [-0.39, 0.29) is 22.2 Å². The number of non-ortho nitro benzene ring substituents is 1. The second-order valence-electron chi connectivity index (χ2n) is 9.05. The topological polar surface area (TPSA) is 58.4 Å². The van der Waals surface area contributed by atoms with E-state index in [1.54, 1.807) is 12.1 Å². The van der Waals surface area contributed by atoms with Gasteiger partial charge in [0.1, 0.15) is 5.66 Å². The van der Waals surface area contributed by atoms with Crippen LogP contribution in [0.3, 0.4) is 0 Å². The van der Waals surface area contributed by atoms with Crippen molar-refractivity contribution in [3.05, 3.63) is 106 Å². The number of rotatable bonds is 3. The lowest BCUT2D eigenvalue weighted by molar-refractivity contribution is -0.384. The smallest absolute Gasteiger partial charge is 0.271 e. The summed E-state index contributed by atoms with van der Waals surface area (Å²) in [6.07, 6.45) is 6.87. The first-order valence-corrected chi connectivity index (χ1v) is 11.4. The van der Waals surface area contributed by atoms with Gasteiger partial charge in [-0.15, -0.1) is 0 Å². The number of allylic oxidation sites excluding steroid dienone is 1. The maximum absolute atomic E-state index is 11.6. The monoisotopic (exact) mass is 423 g/mol. The number of fused-ring (bicyclic) bond motifs is 2. The molecular formula is C27H25N3O2. The summed E-state index contributed by atoms with van der Waals surface area (Å²) in [6, 6.07) is 26.4. The highest BCUT2D eigenvalue weighted by Crippen LogP contribution is 2.59. The van der Waals surface area contributed by atoms with E-state index in [4.69, 9.17) is 0 Å². The molecule has 5 nitrogen and oxygen atoms in total. The van der Waals surface area contributed by atoms with Gasteiger partial charge in [0, 0.05) is 29.7 Å². The Bertz CT molecular complexity index is 1210. The van der Waals surface area contributed by atoms with E-state index in [9.17, 15) is 10.1 Å². The molecule has 0 unspecified atom stereocenters. The minimum absolute atomic E-state index is 0.132. The molecular weight excluding hydrogens is 398 g/mol. The summed E-state index contributed by atoms with van der Waals surface area (Å²) < 4.78 is 0. The van der Waals surface area contributed by atoms with Crippen LogP contribution in [-0.4, -0.2) is 10.6 Å². The van der Waals surface area contributed by atoms with Gasteiger partial charge in [0.25, 0.3) is 5.69 Å². The molecule has 2 heterocycles. The van der Waals surface area contributed by atoms with Crippen LogP contribution in [0.1, 0.15) is 42.7 Å². The maximum Gasteiger partial charge on any atom is 0.271 e. The van der Waals surface area contributed by atoms with Gasteiger partial charge in [-0.25, -0.2) is 0 Å². The molecule has 5 heteroatoms. The molecule has 0 bridgehead atoms. The Balaban J connectivity index is 1.60. The van der Waals surface area contributed by atoms with E-state index in [1.807, 2.05) is 12.1 Å². The minimum atomic E-state index is -0.299. The maximum atomic E-state index is 11.6. The Morgan fingerprint density at radius 1 is 0.969 bits per heavy atom. The van der Waals surface area contributed by atoms with Crippen LogP contribution in [0.25, 0.3) is 5.70 Å². The average Bonchev–Trinajstić information content (AvgIpc) is 3.17. The first kappa shape index (κ1) is 19.1. The van der Waals surface area contributed by atoms with Crippen LogP contribution in [0.5, 0.6) is 0 Å². The van der Waals surface area contributed by atoms with Gasteiger partial charge >= 0.3 is 0 Å². The highest BCUT2D eigenvalue weighted by atomic mass is 16.6. The molecule has 1 saturated carbocycles. The van der Waals surface area contributed by atoms with E-state index >= 15 is 0 Å². The number of anilines is 2. The lowest BCUT2D eigenvalue weighted by Crippen LogP contribution is -2.60. The van der Waals surface area contributed by atoms with Crippen molar-refractivity contribution in [2.24, 2.45) is 5.92 Å². The van der Waals surface area contributed by atoms with Gasteiger partial charge in [0.2, 0.25) is 0 Å². The van der Waals surface area contributed by atoms with Crippen molar-refractivity contribution in [1.82, 2.24) is 0 Å². The number of nitrogens with one attached hydrogen (secondary N) is 1. The molecule has 0 aromatic heterocycles. The lowest BCUT2D eigenvalue weighted by atomic mass is 9.66. The highest BCUT2D eigenvalue weighted by molar-refractivity contribution is 5.94. The van der Waals surface area contributed by atoms with Crippen LogP contribution in [0.2, 0.25) is 0 Å². The zero-order valence-electron chi connectivity index (χ0n) is 17.8. The molecule has 0 amide bonds. The van der Waals surface area contributed by atoms with Crippen LogP contribution in [0.15, 0.2) is 84.9 Å². The molecule has 1 fully saturated rings. The average molecular weight is 424 g/mol. The van der Waals surface area contributed by atoms with Gasteiger partial charge in [-0.1, -0.05) is 73.2 Å². The quantitative estimate of drug-likeness (QED) is 0.383. The molecule has 6 rings (SSSR count). The van der Waals surface area contributed by atoms with Gasteiger partial charge < -0.3 is 10.2 Å². The number of nitro benzene ring substituents is 1. The fourth-order valence-corrected chi connectivity index (χ4v) is 6.06. The largest absolute Gasteiger partial charge is 0.360 e. The molecule has 3 aromatic carbocycles. The fourth-order valence-electron chi connectivity index (χ4n) is 6.06. The highest BCUT2D eigenvalue weighted by Gasteiger charge is 2.56. The first-order chi connectivity index (χ1) is 15.7. The van der Waals surface area contributed by atoms with E-state index in [0.29, 0.717) is 5.92 Å². The zero-order chi connectivity index (χ0) is 21.7. The Labute approximate surface area is 187 Å². The number of nitro groups is 1. The van der Waals surface area contributed by atoms with E-state index in [0.717, 1.165) is 41.9 Å². The second-order valence-corrected chi connectivity index (χ2v) is 9.05.